The van der Waals surface area contributed by atoms with E-state index in [0.29, 0.717) is 19.0 Å². The van der Waals surface area contributed by atoms with Crippen LogP contribution in [0.4, 0.5) is 0 Å². The molecule has 4 heteroatoms. The minimum absolute atomic E-state index is 0.205. The maximum atomic E-state index is 10.9. The number of aromatic carboxylic acids is 1. The van der Waals surface area contributed by atoms with E-state index >= 15 is 0 Å². The number of benzene rings is 1. The van der Waals surface area contributed by atoms with E-state index in [0.717, 1.165) is 18.9 Å². The number of rotatable bonds is 8. The second-order valence-electron chi connectivity index (χ2n) is 4.52. The van der Waals surface area contributed by atoms with Crippen LogP contribution in [0.3, 0.4) is 0 Å². The van der Waals surface area contributed by atoms with E-state index in [9.17, 15) is 4.79 Å². The monoisotopic (exact) mass is 250 g/mol. The molecule has 0 spiro atoms. The average Bonchev–Trinajstić information content (AvgIpc) is 3.18. The molecule has 1 aliphatic rings. The molecule has 2 rings (SSSR count). The Morgan fingerprint density at radius 2 is 2.06 bits per heavy atom. The molecule has 1 fully saturated rings. The van der Waals surface area contributed by atoms with E-state index in [2.05, 4.69) is 0 Å². The van der Waals surface area contributed by atoms with E-state index in [1.807, 2.05) is 0 Å². The molecule has 0 radical (unpaired) electrons. The molecular formula is C14H18O4. The normalized spacial score (nSPS) is 14.4. The lowest BCUT2D eigenvalue weighted by Crippen LogP contribution is -2.07. The fourth-order valence-electron chi connectivity index (χ4n) is 1.65. The van der Waals surface area contributed by atoms with Gasteiger partial charge in [-0.3, -0.25) is 0 Å². The molecule has 18 heavy (non-hydrogen) atoms. The molecule has 0 aliphatic heterocycles. The van der Waals surface area contributed by atoms with Gasteiger partial charge in [0, 0.05) is 19.6 Å². The van der Waals surface area contributed by atoms with Crippen LogP contribution in [0, 0.1) is 5.92 Å². The molecule has 0 atom stereocenters. The van der Waals surface area contributed by atoms with Crippen molar-refractivity contribution in [1.82, 2.24) is 0 Å². The summed E-state index contributed by atoms with van der Waals surface area (Å²) in [6.45, 7) is 2.01. The molecule has 1 saturated carbocycles. The summed E-state index contributed by atoms with van der Waals surface area (Å²) in [6, 6.07) is 6.68. The van der Waals surface area contributed by atoms with Gasteiger partial charge < -0.3 is 14.6 Å². The predicted molar refractivity (Wildman–Crippen MR) is 67.1 cm³/mol. The zero-order valence-electron chi connectivity index (χ0n) is 10.3. The van der Waals surface area contributed by atoms with Crippen LogP contribution in [-0.2, 0) is 4.74 Å². The molecule has 0 heterocycles. The quantitative estimate of drug-likeness (QED) is 0.720. The van der Waals surface area contributed by atoms with E-state index in [-0.39, 0.29) is 5.56 Å². The number of ether oxygens (including phenoxy) is 2. The molecule has 98 valence electrons. The van der Waals surface area contributed by atoms with Crippen molar-refractivity contribution in [2.24, 2.45) is 5.92 Å². The van der Waals surface area contributed by atoms with Crippen LogP contribution in [0.2, 0.25) is 0 Å². The van der Waals surface area contributed by atoms with Crippen molar-refractivity contribution in [2.45, 2.75) is 19.3 Å². The standard InChI is InChI=1S/C14H18O4/c15-14(16)12-4-1-2-5-13(12)18-9-3-8-17-10-11-6-7-11/h1-2,4-5,11H,3,6-10H2,(H,15,16). The smallest absolute Gasteiger partial charge is 0.339 e. The average molecular weight is 250 g/mol. The summed E-state index contributed by atoms with van der Waals surface area (Å²) in [5.41, 5.74) is 0.205. The SMILES string of the molecule is O=C(O)c1ccccc1OCCCOCC1CC1. The van der Waals surface area contributed by atoms with E-state index in [1.165, 1.54) is 12.8 Å². The number of hydrogen-bond acceptors (Lipinski definition) is 3. The van der Waals surface area contributed by atoms with Gasteiger partial charge in [-0.25, -0.2) is 4.79 Å². The Balaban J connectivity index is 1.67. The van der Waals surface area contributed by atoms with Crippen LogP contribution in [-0.4, -0.2) is 30.9 Å². The molecule has 0 aromatic heterocycles. The lowest BCUT2D eigenvalue weighted by atomic mass is 10.2. The predicted octanol–water partition coefficient (Wildman–Crippen LogP) is 2.58. The largest absolute Gasteiger partial charge is 0.493 e. The summed E-state index contributed by atoms with van der Waals surface area (Å²) in [5.74, 6) is 0.237. The van der Waals surface area contributed by atoms with Gasteiger partial charge in [0.25, 0.3) is 0 Å². The van der Waals surface area contributed by atoms with Gasteiger partial charge in [-0.1, -0.05) is 12.1 Å². The van der Waals surface area contributed by atoms with Gasteiger partial charge >= 0.3 is 5.97 Å². The Morgan fingerprint density at radius 1 is 1.28 bits per heavy atom. The van der Waals surface area contributed by atoms with Crippen LogP contribution in [0.15, 0.2) is 24.3 Å². The number of hydrogen-bond donors (Lipinski definition) is 1. The molecule has 1 N–H and O–H groups in total. The summed E-state index contributed by atoms with van der Waals surface area (Å²) in [4.78, 5) is 10.9. The van der Waals surface area contributed by atoms with Crippen molar-refractivity contribution >= 4 is 5.97 Å². The fraction of sp³-hybridized carbons (Fsp3) is 0.500. The Kier molecular flexibility index (Phi) is 4.59. The van der Waals surface area contributed by atoms with Gasteiger partial charge in [0.05, 0.1) is 6.61 Å². The van der Waals surface area contributed by atoms with Gasteiger partial charge in [-0.2, -0.15) is 0 Å². The Morgan fingerprint density at radius 3 is 2.78 bits per heavy atom. The summed E-state index contributed by atoms with van der Waals surface area (Å²) >= 11 is 0. The number of carboxylic acid groups (broad SMARTS) is 1. The van der Waals surface area contributed by atoms with Gasteiger partial charge in [0.1, 0.15) is 11.3 Å². The first kappa shape index (κ1) is 12.9. The number of para-hydroxylation sites is 1. The number of carbonyl (C=O) groups is 1. The summed E-state index contributed by atoms with van der Waals surface area (Å²) in [6.07, 6.45) is 3.37. The van der Waals surface area contributed by atoms with Gasteiger partial charge in [-0.05, 0) is 30.9 Å². The highest BCUT2D eigenvalue weighted by molar-refractivity contribution is 5.90. The highest BCUT2D eigenvalue weighted by Gasteiger charge is 2.20. The first-order valence-corrected chi connectivity index (χ1v) is 6.30. The molecule has 0 bridgehead atoms. The molecule has 1 aromatic rings. The molecular weight excluding hydrogens is 232 g/mol. The molecule has 1 aromatic carbocycles. The van der Waals surface area contributed by atoms with Crippen molar-refractivity contribution in [3.63, 3.8) is 0 Å². The van der Waals surface area contributed by atoms with Crippen LogP contribution >= 0.6 is 0 Å². The highest BCUT2D eigenvalue weighted by Crippen LogP contribution is 2.28. The maximum Gasteiger partial charge on any atom is 0.339 e. The third-order valence-electron chi connectivity index (χ3n) is 2.86. The summed E-state index contributed by atoms with van der Waals surface area (Å²) in [5, 5.41) is 8.97. The lowest BCUT2D eigenvalue weighted by Gasteiger charge is -2.09. The van der Waals surface area contributed by atoms with Crippen LogP contribution in [0.5, 0.6) is 5.75 Å². The van der Waals surface area contributed by atoms with Crippen molar-refractivity contribution in [1.29, 1.82) is 0 Å². The van der Waals surface area contributed by atoms with E-state index in [1.54, 1.807) is 24.3 Å². The Hall–Kier alpha value is -1.55. The summed E-state index contributed by atoms with van der Waals surface area (Å²) < 4.78 is 10.9. The molecule has 1 aliphatic carbocycles. The van der Waals surface area contributed by atoms with Crippen LogP contribution < -0.4 is 4.74 Å². The minimum Gasteiger partial charge on any atom is -0.493 e. The van der Waals surface area contributed by atoms with Gasteiger partial charge in [0.2, 0.25) is 0 Å². The zero-order chi connectivity index (χ0) is 12.8. The molecule has 0 amide bonds. The third kappa shape index (κ3) is 4.04. The van der Waals surface area contributed by atoms with Crippen molar-refractivity contribution in [3.05, 3.63) is 29.8 Å². The van der Waals surface area contributed by atoms with Crippen LogP contribution in [0.25, 0.3) is 0 Å². The van der Waals surface area contributed by atoms with Crippen molar-refractivity contribution < 1.29 is 19.4 Å². The Bertz CT molecular complexity index is 399. The zero-order valence-corrected chi connectivity index (χ0v) is 10.3. The highest BCUT2D eigenvalue weighted by atomic mass is 16.5. The third-order valence-corrected chi connectivity index (χ3v) is 2.86. The van der Waals surface area contributed by atoms with Gasteiger partial charge in [0.15, 0.2) is 0 Å². The minimum atomic E-state index is -0.962. The van der Waals surface area contributed by atoms with Crippen molar-refractivity contribution in [3.8, 4) is 5.75 Å². The van der Waals surface area contributed by atoms with E-state index < -0.39 is 5.97 Å². The van der Waals surface area contributed by atoms with Crippen LogP contribution in [0.1, 0.15) is 29.6 Å². The second kappa shape index (κ2) is 6.40. The van der Waals surface area contributed by atoms with E-state index in [4.69, 9.17) is 14.6 Å². The topological polar surface area (TPSA) is 55.8 Å². The maximum absolute atomic E-state index is 10.9. The van der Waals surface area contributed by atoms with Crippen molar-refractivity contribution in [2.75, 3.05) is 19.8 Å². The molecule has 0 saturated heterocycles. The molecule has 0 unspecified atom stereocenters. The lowest BCUT2D eigenvalue weighted by molar-refractivity contribution is 0.0691. The first-order valence-electron chi connectivity index (χ1n) is 6.30. The molecule has 4 nitrogen and oxygen atoms in total. The van der Waals surface area contributed by atoms with Gasteiger partial charge in [-0.15, -0.1) is 0 Å². The first-order chi connectivity index (χ1) is 8.77. The summed E-state index contributed by atoms with van der Waals surface area (Å²) in [7, 11) is 0. The fourth-order valence-corrected chi connectivity index (χ4v) is 1.65. The second-order valence-corrected chi connectivity index (χ2v) is 4.52. The number of carboxylic acids is 1. The Labute approximate surface area is 107 Å².